The minimum atomic E-state index is 0.530. The van der Waals surface area contributed by atoms with Crippen LogP contribution in [0.5, 0.6) is 0 Å². The molecule has 0 bridgehead atoms. The fourth-order valence-electron chi connectivity index (χ4n) is 2.50. The molecule has 0 spiro atoms. The van der Waals surface area contributed by atoms with E-state index in [-0.39, 0.29) is 0 Å². The van der Waals surface area contributed by atoms with Crippen molar-refractivity contribution in [1.29, 1.82) is 0 Å². The van der Waals surface area contributed by atoms with Crippen LogP contribution in [0.1, 0.15) is 25.5 Å². The van der Waals surface area contributed by atoms with Crippen LogP contribution in [-0.2, 0) is 6.54 Å². The highest BCUT2D eigenvalue weighted by Gasteiger charge is 2.27. The predicted molar refractivity (Wildman–Crippen MR) is 60.2 cm³/mol. The van der Waals surface area contributed by atoms with Crippen molar-refractivity contribution in [2.24, 2.45) is 11.7 Å². The summed E-state index contributed by atoms with van der Waals surface area (Å²) in [5.41, 5.74) is 7.03. The lowest BCUT2D eigenvalue weighted by atomic mass is 9.91. The van der Waals surface area contributed by atoms with Crippen LogP contribution < -0.4 is 5.73 Å². The molecule has 2 rings (SSSR count). The predicted octanol–water partition coefficient (Wildman–Crippen LogP) is 0.969. The number of likely N-dealkylation sites (tertiary alicyclic amines) is 1. The molecular formula is C11H20N4. The van der Waals surface area contributed by atoms with Crippen molar-refractivity contribution in [3.63, 3.8) is 0 Å². The van der Waals surface area contributed by atoms with Gasteiger partial charge in [0.2, 0.25) is 0 Å². The van der Waals surface area contributed by atoms with Crippen molar-refractivity contribution in [2.75, 3.05) is 13.1 Å². The fourth-order valence-corrected chi connectivity index (χ4v) is 2.50. The molecular weight excluding hydrogens is 188 g/mol. The van der Waals surface area contributed by atoms with E-state index in [1.807, 2.05) is 6.20 Å². The number of nitrogens with zero attached hydrogens (tertiary/aromatic N) is 2. The maximum absolute atomic E-state index is 5.85. The Morgan fingerprint density at radius 1 is 1.67 bits per heavy atom. The van der Waals surface area contributed by atoms with Crippen molar-refractivity contribution in [3.05, 3.63) is 18.2 Å². The average Bonchev–Trinajstić information content (AvgIpc) is 2.71. The third-order valence-electron chi connectivity index (χ3n) is 3.40. The SMILES string of the molecule is CC1CCCN(Cc2cnc[nH]2)C1CN. The number of aromatic amines is 1. The molecule has 2 unspecified atom stereocenters. The standard InChI is InChI=1S/C11H20N4/c1-9-3-2-4-15(11(9)5-12)7-10-6-13-8-14-10/h6,8-9,11H,2-5,7,12H2,1H3,(H,13,14). The Morgan fingerprint density at radius 2 is 2.53 bits per heavy atom. The van der Waals surface area contributed by atoms with Gasteiger partial charge in [-0.15, -0.1) is 0 Å². The number of aromatic nitrogens is 2. The van der Waals surface area contributed by atoms with Gasteiger partial charge in [0.05, 0.1) is 6.33 Å². The van der Waals surface area contributed by atoms with E-state index < -0.39 is 0 Å². The van der Waals surface area contributed by atoms with E-state index >= 15 is 0 Å². The zero-order valence-electron chi connectivity index (χ0n) is 9.32. The maximum Gasteiger partial charge on any atom is 0.0922 e. The molecule has 1 aliphatic heterocycles. The van der Waals surface area contributed by atoms with Crippen LogP contribution in [0.25, 0.3) is 0 Å². The summed E-state index contributed by atoms with van der Waals surface area (Å²) in [5.74, 6) is 0.715. The van der Waals surface area contributed by atoms with Gasteiger partial charge in [-0.25, -0.2) is 4.98 Å². The normalized spacial score (nSPS) is 28.1. The van der Waals surface area contributed by atoms with E-state index in [1.54, 1.807) is 6.33 Å². The smallest absolute Gasteiger partial charge is 0.0922 e. The van der Waals surface area contributed by atoms with Gasteiger partial charge in [0.15, 0.2) is 0 Å². The molecule has 1 aromatic rings. The Bertz CT molecular complexity index is 283. The number of nitrogens with one attached hydrogen (secondary N) is 1. The Balaban J connectivity index is 2.00. The first-order valence-electron chi connectivity index (χ1n) is 5.72. The highest BCUT2D eigenvalue weighted by molar-refractivity contribution is 4.96. The minimum absolute atomic E-state index is 0.530. The first-order chi connectivity index (χ1) is 7.31. The molecule has 1 aliphatic rings. The van der Waals surface area contributed by atoms with Crippen molar-refractivity contribution >= 4 is 0 Å². The molecule has 0 radical (unpaired) electrons. The quantitative estimate of drug-likeness (QED) is 0.778. The second-order valence-electron chi connectivity index (χ2n) is 4.47. The lowest BCUT2D eigenvalue weighted by molar-refractivity contribution is 0.0979. The molecule has 0 saturated carbocycles. The highest BCUT2D eigenvalue weighted by Crippen LogP contribution is 2.23. The molecule has 2 heterocycles. The first-order valence-corrected chi connectivity index (χ1v) is 5.72. The van der Waals surface area contributed by atoms with E-state index in [2.05, 4.69) is 21.8 Å². The van der Waals surface area contributed by atoms with Gasteiger partial charge < -0.3 is 10.7 Å². The molecule has 3 N–H and O–H groups in total. The largest absolute Gasteiger partial charge is 0.347 e. The molecule has 0 aliphatic carbocycles. The van der Waals surface area contributed by atoms with E-state index in [9.17, 15) is 0 Å². The molecule has 1 aromatic heterocycles. The van der Waals surface area contributed by atoms with E-state index in [1.165, 1.54) is 18.5 Å². The molecule has 2 atom stereocenters. The zero-order chi connectivity index (χ0) is 10.7. The van der Waals surface area contributed by atoms with Crippen LogP contribution in [0.2, 0.25) is 0 Å². The van der Waals surface area contributed by atoms with Crippen molar-refractivity contribution in [1.82, 2.24) is 14.9 Å². The van der Waals surface area contributed by atoms with Gasteiger partial charge in [-0.1, -0.05) is 6.92 Å². The second-order valence-corrected chi connectivity index (χ2v) is 4.47. The van der Waals surface area contributed by atoms with Crippen LogP contribution in [0, 0.1) is 5.92 Å². The van der Waals surface area contributed by atoms with Gasteiger partial charge in [-0.3, -0.25) is 4.90 Å². The summed E-state index contributed by atoms with van der Waals surface area (Å²) in [6, 6.07) is 0.530. The number of rotatable bonds is 3. The number of H-pyrrole nitrogens is 1. The lowest BCUT2D eigenvalue weighted by Gasteiger charge is -2.39. The molecule has 0 aromatic carbocycles. The summed E-state index contributed by atoms with van der Waals surface area (Å²) in [7, 11) is 0. The van der Waals surface area contributed by atoms with E-state index in [0.29, 0.717) is 12.0 Å². The number of hydrogen-bond acceptors (Lipinski definition) is 3. The molecule has 4 nitrogen and oxygen atoms in total. The van der Waals surface area contributed by atoms with E-state index in [0.717, 1.165) is 19.6 Å². The van der Waals surface area contributed by atoms with Crippen LogP contribution in [0.3, 0.4) is 0 Å². The lowest BCUT2D eigenvalue weighted by Crippen LogP contribution is -2.48. The summed E-state index contributed by atoms with van der Waals surface area (Å²) in [4.78, 5) is 9.67. The summed E-state index contributed by atoms with van der Waals surface area (Å²) >= 11 is 0. The Kier molecular flexibility index (Phi) is 3.38. The Morgan fingerprint density at radius 3 is 3.20 bits per heavy atom. The number of imidazole rings is 1. The van der Waals surface area contributed by atoms with Gasteiger partial charge >= 0.3 is 0 Å². The minimum Gasteiger partial charge on any atom is -0.347 e. The molecule has 4 heteroatoms. The zero-order valence-corrected chi connectivity index (χ0v) is 9.32. The molecule has 15 heavy (non-hydrogen) atoms. The van der Waals surface area contributed by atoms with Gasteiger partial charge in [0.25, 0.3) is 0 Å². The summed E-state index contributed by atoms with van der Waals surface area (Å²) < 4.78 is 0. The van der Waals surface area contributed by atoms with Gasteiger partial charge in [0.1, 0.15) is 0 Å². The van der Waals surface area contributed by atoms with Crippen LogP contribution in [-0.4, -0.2) is 34.0 Å². The fraction of sp³-hybridized carbons (Fsp3) is 0.727. The highest BCUT2D eigenvalue weighted by atomic mass is 15.2. The monoisotopic (exact) mass is 208 g/mol. The van der Waals surface area contributed by atoms with Crippen LogP contribution in [0.15, 0.2) is 12.5 Å². The Labute approximate surface area is 90.9 Å². The van der Waals surface area contributed by atoms with Crippen molar-refractivity contribution in [3.8, 4) is 0 Å². The van der Waals surface area contributed by atoms with Gasteiger partial charge in [-0.05, 0) is 25.3 Å². The number of nitrogens with two attached hydrogens (primary N) is 1. The first kappa shape index (κ1) is 10.6. The van der Waals surface area contributed by atoms with Crippen molar-refractivity contribution in [2.45, 2.75) is 32.4 Å². The maximum atomic E-state index is 5.85. The van der Waals surface area contributed by atoms with Gasteiger partial charge in [-0.2, -0.15) is 0 Å². The third-order valence-corrected chi connectivity index (χ3v) is 3.40. The molecule has 84 valence electrons. The second kappa shape index (κ2) is 4.77. The Hall–Kier alpha value is -0.870. The number of hydrogen-bond donors (Lipinski definition) is 2. The van der Waals surface area contributed by atoms with Crippen LogP contribution in [0.4, 0.5) is 0 Å². The summed E-state index contributed by atoms with van der Waals surface area (Å²) in [6.07, 6.45) is 6.22. The van der Waals surface area contributed by atoms with Gasteiger partial charge in [0, 0.05) is 31.0 Å². The van der Waals surface area contributed by atoms with Crippen molar-refractivity contribution < 1.29 is 0 Å². The van der Waals surface area contributed by atoms with Crippen LogP contribution >= 0.6 is 0 Å². The number of piperidine rings is 1. The molecule has 1 saturated heterocycles. The summed E-state index contributed by atoms with van der Waals surface area (Å²) in [6.45, 7) is 5.17. The average molecular weight is 208 g/mol. The summed E-state index contributed by atoms with van der Waals surface area (Å²) in [5, 5.41) is 0. The third kappa shape index (κ3) is 2.38. The molecule has 0 amide bonds. The van der Waals surface area contributed by atoms with E-state index in [4.69, 9.17) is 5.73 Å². The topological polar surface area (TPSA) is 57.9 Å². The molecule has 1 fully saturated rings.